The topological polar surface area (TPSA) is 63.2 Å². The van der Waals surface area contributed by atoms with Crippen LogP contribution < -0.4 is 15.4 Å². The monoisotopic (exact) mass is 423 g/mol. The second kappa shape index (κ2) is 8.36. The molecule has 3 rings (SSSR count). The highest BCUT2D eigenvalue weighted by atomic mass is 32.1. The van der Waals surface area contributed by atoms with Crippen LogP contribution in [0.2, 0.25) is 0 Å². The molecule has 0 atom stereocenters. The van der Waals surface area contributed by atoms with E-state index in [-0.39, 0.29) is 16.9 Å². The van der Waals surface area contributed by atoms with Crippen LogP contribution in [-0.2, 0) is 6.18 Å². The van der Waals surface area contributed by atoms with Crippen molar-refractivity contribution in [2.24, 2.45) is 0 Å². The Balaban J connectivity index is 1.62. The SMILES string of the molecule is O=C(NC(=S)Nc1cccc(Oc2ccc(C(F)(F)F)cn2)c1)c1cccs1. The third-order valence-corrected chi connectivity index (χ3v) is 4.42. The molecule has 10 heteroatoms. The molecule has 0 aliphatic heterocycles. The van der Waals surface area contributed by atoms with Crippen molar-refractivity contribution in [2.45, 2.75) is 6.18 Å². The van der Waals surface area contributed by atoms with Crippen LogP contribution in [0, 0.1) is 0 Å². The number of nitrogens with zero attached hydrogens (tertiary/aromatic N) is 1. The number of ether oxygens (including phenoxy) is 1. The summed E-state index contributed by atoms with van der Waals surface area (Å²) in [6.45, 7) is 0. The summed E-state index contributed by atoms with van der Waals surface area (Å²) in [7, 11) is 0. The summed E-state index contributed by atoms with van der Waals surface area (Å²) in [5.74, 6) is 0.0252. The second-order valence-electron chi connectivity index (χ2n) is 5.40. The van der Waals surface area contributed by atoms with E-state index >= 15 is 0 Å². The molecule has 3 aromatic rings. The summed E-state index contributed by atoms with van der Waals surface area (Å²) >= 11 is 6.40. The number of amides is 1. The van der Waals surface area contributed by atoms with Crippen molar-refractivity contribution in [1.82, 2.24) is 10.3 Å². The molecule has 2 heterocycles. The normalized spacial score (nSPS) is 11.0. The number of hydrogen-bond donors (Lipinski definition) is 2. The predicted molar refractivity (Wildman–Crippen MR) is 104 cm³/mol. The zero-order valence-corrected chi connectivity index (χ0v) is 15.6. The van der Waals surface area contributed by atoms with Gasteiger partial charge in [-0.05, 0) is 41.9 Å². The average Bonchev–Trinajstić information content (AvgIpc) is 3.16. The Hall–Kier alpha value is -2.98. The van der Waals surface area contributed by atoms with Crippen molar-refractivity contribution in [3.63, 3.8) is 0 Å². The van der Waals surface area contributed by atoms with Gasteiger partial charge >= 0.3 is 6.18 Å². The number of nitrogens with one attached hydrogen (secondary N) is 2. The van der Waals surface area contributed by atoms with E-state index in [9.17, 15) is 18.0 Å². The quantitative estimate of drug-likeness (QED) is 0.573. The van der Waals surface area contributed by atoms with Crippen LogP contribution in [-0.4, -0.2) is 16.0 Å². The van der Waals surface area contributed by atoms with Crippen molar-refractivity contribution in [3.05, 3.63) is 70.5 Å². The highest BCUT2D eigenvalue weighted by Gasteiger charge is 2.30. The Morgan fingerprint density at radius 2 is 1.96 bits per heavy atom. The molecule has 0 spiro atoms. The van der Waals surface area contributed by atoms with Gasteiger partial charge in [-0.25, -0.2) is 4.98 Å². The number of halogens is 3. The van der Waals surface area contributed by atoms with Crippen LogP contribution in [0.1, 0.15) is 15.2 Å². The van der Waals surface area contributed by atoms with Crippen molar-refractivity contribution >= 4 is 40.3 Å². The predicted octanol–water partition coefficient (Wildman–Crippen LogP) is 5.08. The standard InChI is InChI=1S/C18H12F3N3O2S2/c19-18(20,21)11-6-7-15(22-10-11)26-13-4-1-3-12(9-13)23-17(27)24-16(25)14-5-2-8-28-14/h1-10H,(H2,23,24,25,27). The molecule has 0 aliphatic rings. The summed E-state index contributed by atoms with van der Waals surface area (Å²) < 4.78 is 43.2. The third-order valence-electron chi connectivity index (χ3n) is 3.35. The first-order chi connectivity index (χ1) is 13.3. The zero-order valence-electron chi connectivity index (χ0n) is 14.0. The highest BCUT2D eigenvalue weighted by molar-refractivity contribution is 7.80. The van der Waals surface area contributed by atoms with Crippen LogP contribution >= 0.6 is 23.6 Å². The number of thiophene rings is 1. The van der Waals surface area contributed by atoms with E-state index in [1.807, 2.05) is 0 Å². The molecular weight excluding hydrogens is 411 g/mol. The van der Waals surface area contributed by atoms with E-state index in [0.717, 1.165) is 12.1 Å². The molecule has 5 nitrogen and oxygen atoms in total. The van der Waals surface area contributed by atoms with Gasteiger partial charge in [-0.3, -0.25) is 10.1 Å². The second-order valence-corrected chi connectivity index (χ2v) is 6.75. The molecule has 0 bridgehead atoms. The summed E-state index contributed by atoms with van der Waals surface area (Å²) in [5, 5.41) is 7.28. The molecule has 0 saturated carbocycles. The first-order valence-corrected chi connectivity index (χ1v) is 9.07. The molecule has 0 fully saturated rings. The number of carbonyl (C=O) groups is 1. The van der Waals surface area contributed by atoms with Crippen LogP contribution in [0.15, 0.2) is 60.1 Å². The Labute approximate surface area is 167 Å². The van der Waals surface area contributed by atoms with Crippen molar-refractivity contribution in [1.29, 1.82) is 0 Å². The van der Waals surface area contributed by atoms with Crippen LogP contribution in [0.25, 0.3) is 0 Å². The van der Waals surface area contributed by atoms with Gasteiger partial charge in [0, 0.05) is 24.0 Å². The number of benzene rings is 1. The van der Waals surface area contributed by atoms with Crippen LogP contribution in [0.4, 0.5) is 18.9 Å². The molecule has 28 heavy (non-hydrogen) atoms. The number of rotatable bonds is 4. The summed E-state index contributed by atoms with van der Waals surface area (Å²) in [6, 6.07) is 12.0. The first-order valence-electron chi connectivity index (χ1n) is 7.78. The Morgan fingerprint density at radius 1 is 1.14 bits per heavy atom. The van der Waals surface area contributed by atoms with Gasteiger partial charge in [0.25, 0.3) is 5.91 Å². The van der Waals surface area contributed by atoms with Crippen LogP contribution in [0.3, 0.4) is 0 Å². The number of alkyl halides is 3. The van der Waals surface area contributed by atoms with E-state index in [0.29, 0.717) is 22.5 Å². The zero-order chi connectivity index (χ0) is 20.1. The number of pyridine rings is 1. The lowest BCUT2D eigenvalue weighted by molar-refractivity contribution is -0.137. The molecule has 0 unspecified atom stereocenters. The smallest absolute Gasteiger partial charge is 0.417 e. The fourth-order valence-electron chi connectivity index (χ4n) is 2.10. The van der Waals surface area contributed by atoms with Gasteiger partial charge in [0.1, 0.15) is 5.75 Å². The summed E-state index contributed by atoms with van der Waals surface area (Å²) in [5.41, 5.74) is -0.331. The number of hydrogen-bond acceptors (Lipinski definition) is 5. The molecule has 0 aliphatic carbocycles. The van der Waals surface area contributed by atoms with E-state index < -0.39 is 11.7 Å². The number of anilines is 1. The van der Waals surface area contributed by atoms with Gasteiger partial charge < -0.3 is 10.1 Å². The molecule has 144 valence electrons. The molecule has 0 saturated heterocycles. The van der Waals surface area contributed by atoms with Gasteiger partial charge in [0.2, 0.25) is 5.88 Å². The lowest BCUT2D eigenvalue weighted by atomic mass is 10.3. The van der Waals surface area contributed by atoms with Crippen molar-refractivity contribution < 1.29 is 22.7 Å². The largest absolute Gasteiger partial charge is 0.439 e. The maximum Gasteiger partial charge on any atom is 0.417 e. The number of aromatic nitrogens is 1. The van der Waals surface area contributed by atoms with Crippen molar-refractivity contribution in [2.75, 3.05) is 5.32 Å². The van der Waals surface area contributed by atoms with Gasteiger partial charge in [0.15, 0.2) is 5.11 Å². The minimum absolute atomic E-state index is 0.0127. The van der Waals surface area contributed by atoms with Crippen LogP contribution in [0.5, 0.6) is 11.6 Å². The lowest BCUT2D eigenvalue weighted by Gasteiger charge is -2.11. The molecule has 1 amide bonds. The summed E-state index contributed by atoms with van der Waals surface area (Å²) in [6.07, 6.45) is -3.76. The Kier molecular flexibility index (Phi) is 5.90. The summed E-state index contributed by atoms with van der Waals surface area (Å²) in [4.78, 5) is 16.1. The maximum atomic E-state index is 12.6. The van der Waals surface area contributed by atoms with Gasteiger partial charge in [-0.15, -0.1) is 11.3 Å². The minimum Gasteiger partial charge on any atom is -0.439 e. The average molecular weight is 423 g/mol. The van der Waals surface area contributed by atoms with E-state index in [1.54, 1.807) is 41.8 Å². The maximum absolute atomic E-state index is 12.6. The molecule has 2 N–H and O–H groups in total. The van der Waals surface area contributed by atoms with E-state index in [4.69, 9.17) is 17.0 Å². The van der Waals surface area contributed by atoms with Crippen molar-refractivity contribution in [3.8, 4) is 11.6 Å². The number of thiocarbonyl (C=S) groups is 1. The lowest BCUT2D eigenvalue weighted by Crippen LogP contribution is -2.33. The van der Waals surface area contributed by atoms with Gasteiger partial charge in [-0.2, -0.15) is 13.2 Å². The minimum atomic E-state index is -4.46. The fraction of sp³-hybridized carbons (Fsp3) is 0.0556. The van der Waals surface area contributed by atoms with E-state index in [2.05, 4.69) is 15.6 Å². The fourth-order valence-corrected chi connectivity index (χ4v) is 2.93. The molecule has 2 aromatic heterocycles. The Bertz CT molecular complexity index is 974. The third kappa shape index (κ3) is 5.27. The number of carbonyl (C=O) groups excluding carboxylic acids is 1. The molecular formula is C18H12F3N3O2S2. The Morgan fingerprint density at radius 3 is 2.61 bits per heavy atom. The van der Waals surface area contributed by atoms with E-state index in [1.165, 1.54) is 11.3 Å². The molecule has 0 radical (unpaired) electrons. The highest BCUT2D eigenvalue weighted by Crippen LogP contribution is 2.30. The van der Waals surface area contributed by atoms with Gasteiger partial charge in [-0.1, -0.05) is 12.1 Å². The molecule has 1 aromatic carbocycles. The van der Waals surface area contributed by atoms with Gasteiger partial charge in [0.05, 0.1) is 10.4 Å². The first kappa shape index (κ1) is 19.8.